The predicted octanol–water partition coefficient (Wildman–Crippen LogP) is 0.790. The van der Waals surface area contributed by atoms with Crippen LogP contribution in [0.4, 0.5) is 5.69 Å². The normalized spacial score (nSPS) is 20.7. The monoisotopic (exact) mass is 345 g/mol. The molecule has 1 atom stereocenters. The Bertz CT molecular complexity index is 659. The van der Waals surface area contributed by atoms with Crippen LogP contribution in [0.2, 0.25) is 0 Å². The van der Waals surface area contributed by atoms with E-state index in [4.69, 9.17) is 4.74 Å². The summed E-state index contributed by atoms with van der Waals surface area (Å²) in [5.74, 6) is -0.292. The Labute approximate surface area is 146 Å². The van der Waals surface area contributed by atoms with Gasteiger partial charge in [0.1, 0.15) is 0 Å². The average Bonchev–Trinajstić information content (AvgIpc) is 3.05. The summed E-state index contributed by atoms with van der Waals surface area (Å²) in [4.78, 5) is 39.5. The van der Waals surface area contributed by atoms with Crippen molar-refractivity contribution < 1.29 is 19.1 Å². The Morgan fingerprint density at radius 3 is 2.64 bits per heavy atom. The smallest absolute Gasteiger partial charge is 0.251 e. The molecule has 1 N–H and O–H groups in total. The molecule has 0 aliphatic carbocycles. The number of nitrogens with zero attached hydrogens (tertiary/aromatic N) is 2. The molecule has 0 bridgehead atoms. The standard InChI is InChI=1S/C18H23N3O4/c1-13-12-20(9-10-25-13)17(23)11-19-18(24)14-4-6-15(7-5-14)21-8-2-3-16(21)22/h4-7,13H,2-3,8-12H2,1H3,(H,19,24). The molecule has 1 aromatic carbocycles. The van der Waals surface area contributed by atoms with E-state index >= 15 is 0 Å². The van der Waals surface area contributed by atoms with Gasteiger partial charge in [-0.15, -0.1) is 0 Å². The Kier molecular flexibility index (Phi) is 5.33. The molecule has 7 heteroatoms. The molecular weight excluding hydrogens is 322 g/mol. The zero-order valence-corrected chi connectivity index (χ0v) is 14.4. The van der Waals surface area contributed by atoms with Crippen LogP contribution in [0.1, 0.15) is 30.1 Å². The highest BCUT2D eigenvalue weighted by atomic mass is 16.5. The predicted molar refractivity (Wildman–Crippen MR) is 92.4 cm³/mol. The molecule has 3 rings (SSSR count). The number of morpholine rings is 1. The minimum Gasteiger partial charge on any atom is -0.375 e. The number of rotatable bonds is 4. The number of anilines is 1. The maximum atomic E-state index is 12.2. The number of carbonyl (C=O) groups is 3. The first-order valence-corrected chi connectivity index (χ1v) is 8.62. The van der Waals surface area contributed by atoms with Gasteiger partial charge in [0.05, 0.1) is 19.3 Å². The van der Waals surface area contributed by atoms with Crippen LogP contribution in [0, 0.1) is 0 Å². The molecule has 1 aromatic rings. The second kappa shape index (κ2) is 7.65. The summed E-state index contributed by atoms with van der Waals surface area (Å²) in [6, 6.07) is 6.89. The lowest BCUT2D eigenvalue weighted by Gasteiger charge is -2.31. The van der Waals surface area contributed by atoms with Gasteiger partial charge in [-0.1, -0.05) is 0 Å². The first-order valence-electron chi connectivity index (χ1n) is 8.62. The van der Waals surface area contributed by atoms with Crippen molar-refractivity contribution in [3.05, 3.63) is 29.8 Å². The largest absolute Gasteiger partial charge is 0.375 e. The first kappa shape index (κ1) is 17.4. The Morgan fingerprint density at radius 1 is 1.24 bits per heavy atom. The van der Waals surface area contributed by atoms with Gasteiger partial charge in [-0.2, -0.15) is 0 Å². The van der Waals surface area contributed by atoms with Crippen LogP contribution >= 0.6 is 0 Å². The minimum absolute atomic E-state index is 0.0224. The van der Waals surface area contributed by atoms with E-state index in [1.165, 1.54) is 0 Å². The van der Waals surface area contributed by atoms with Gasteiger partial charge in [0.25, 0.3) is 5.91 Å². The van der Waals surface area contributed by atoms with Crippen LogP contribution in [0.15, 0.2) is 24.3 Å². The zero-order chi connectivity index (χ0) is 17.8. The third-order valence-corrected chi connectivity index (χ3v) is 4.51. The topological polar surface area (TPSA) is 79.0 Å². The highest BCUT2D eigenvalue weighted by molar-refractivity contribution is 5.98. The molecule has 2 aliphatic heterocycles. The number of hydrogen-bond acceptors (Lipinski definition) is 4. The average molecular weight is 345 g/mol. The molecule has 2 fully saturated rings. The Morgan fingerprint density at radius 2 is 2.00 bits per heavy atom. The number of ether oxygens (including phenoxy) is 1. The van der Waals surface area contributed by atoms with Gasteiger partial charge < -0.3 is 19.9 Å². The molecule has 0 spiro atoms. The summed E-state index contributed by atoms with van der Waals surface area (Å²) in [5, 5.41) is 2.66. The molecule has 3 amide bonds. The maximum absolute atomic E-state index is 12.2. The fraction of sp³-hybridized carbons (Fsp3) is 0.500. The van der Waals surface area contributed by atoms with Crippen molar-refractivity contribution in [2.45, 2.75) is 25.9 Å². The van der Waals surface area contributed by atoms with Gasteiger partial charge in [0, 0.05) is 37.3 Å². The summed E-state index contributed by atoms with van der Waals surface area (Å²) in [5.41, 5.74) is 1.27. The molecule has 2 aliphatic rings. The Balaban J connectivity index is 1.52. The van der Waals surface area contributed by atoms with E-state index in [0.717, 1.165) is 18.7 Å². The van der Waals surface area contributed by atoms with Crippen molar-refractivity contribution in [1.82, 2.24) is 10.2 Å². The minimum atomic E-state index is -0.297. The van der Waals surface area contributed by atoms with Gasteiger partial charge in [0.15, 0.2) is 0 Å². The van der Waals surface area contributed by atoms with Gasteiger partial charge in [-0.25, -0.2) is 0 Å². The van der Waals surface area contributed by atoms with Gasteiger partial charge in [-0.05, 0) is 37.6 Å². The SMILES string of the molecule is CC1CN(C(=O)CNC(=O)c2ccc(N3CCCC3=O)cc2)CCO1. The van der Waals surface area contributed by atoms with Crippen molar-refractivity contribution in [2.24, 2.45) is 0 Å². The van der Waals surface area contributed by atoms with Crippen molar-refractivity contribution in [2.75, 3.05) is 37.7 Å². The molecular formula is C18H23N3O4. The summed E-state index contributed by atoms with van der Waals surface area (Å²) in [6.45, 7) is 4.24. The molecule has 0 radical (unpaired) electrons. The lowest BCUT2D eigenvalue weighted by atomic mass is 10.2. The van der Waals surface area contributed by atoms with E-state index in [1.807, 2.05) is 6.92 Å². The third-order valence-electron chi connectivity index (χ3n) is 4.51. The highest BCUT2D eigenvalue weighted by Crippen LogP contribution is 2.21. The van der Waals surface area contributed by atoms with E-state index in [0.29, 0.717) is 31.7 Å². The van der Waals surface area contributed by atoms with Crippen LogP contribution in [0.5, 0.6) is 0 Å². The first-order chi connectivity index (χ1) is 12.0. The number of amides is 3. The number of carbonyl (C=O) groups excluding carboxylic acids is 3. The van der Waals surface area contributed by atoms with Crippen molar-refractivity contribution in [3.8, 4) is 0 Å². The summed E-state index contributed by atoms with van der Waals surface area (Å²) in [7, 11) is 0. The lowest BCUT2D eigenvalue weighted by Crippen LogP contribution is -2.48. The van der Waals surface area contributed by atoms with E-state index in [9.17, 15) is 14.4 Å². The molecule has 7 nitrogen and oxygen atoms in total. The molecule has 1 unspecified atom stereocenters. The Hall–Kier alpha value is -2.41. The highest BCUT2D eigenvalue weighted by Gasteiger charge is 2.23. The quantitative estimate of drug-likeness (QED) is 0.875. The molecule has 25 heavy (non-hydrogen) atoms. The molecule has 0 aromatic heterocycles. The van der Waals surface area contributed by atoms with E-state index < -0.39 is 0 Å². The maximum Gasteiger partial charge on any atom is 0.251 e. The molecule has 2 saturated heterocycles. The number of benzene rings is 1. The fourth-order valence-corrected chi connectivity index (χ4v) is 3.13. The van der Waals surface area contributed by atoms with Crippen LogP contribution in [0.3, 0.4) is 0 Å². The fourth-order valence-electron chi connectivity index (χ4n) is 3.13. The second-order valence-electron chi connectivity index (χ2n) is 6.40. The number of nitrogens with one attached hydrogen (secondary N) is 1. The van der Waals surface area contributed by atoms with Gasteiger partial charge >= 0.3 is 0 Å². The molecule has 0 saturated carbocycles. The summed E-state index contributed by atoms with van der Waals surface area (Å²) in [6.07, 6.45) is 1.46. The van der Waals surface area contributed by atoms with Gasteiger partial charge in [0.2, 0.25) is 11.8 Å². The van der Waals surface area contributed by atoms with Crippen LogP contribution < -0.4 is 10.2 Å². The molecule has 2 heterocycles. The van der Waals surface area contributed by atoms with Crippen molar-refractivity contribution in [1.29, 1.82) is 0 Å². The van der Waals surface area contributed by atoms with Crippen molar-refractivity contribution >= 4 is 23.4 Å². The molecule has 134 valence electrons. The summed E-state index contributed by atoms with van der Waals surface area (Å²) >= 11 is 0. The lowest BCUT2D eigenvalue weighted by molar-refractivity contribution is -0.137. The van der Waals surface area contributed by atoms with Crippen LogP contribution in [-0.2, 0) is 14.3 Å². The third kappa shape index (κ3) is 4.17. The van der Waals surface area contributed by atoms with Crippen LogP contribution in [0.25, 0.3) is 0 Å². The summed E-state index contributed by atoms with van der Waals surface area (Å²) < 4.78 is 5.40. The zero-order valence-electron chi connectivity index (χ0n) is 14.4. The second-order valence-corrected chi connectivity index (χ2v) is 6.40. The van der Waals surface area contributed by atoms with E-state index in [-0.39, 0.29) is 30.4 Å². The number of hydrogen-bond donors (Lipinski definition) is 1. The van der Waals surface area contributed by atoms with Crippen LogP contribution in [-0.4, -0.2) is 61.5 Å². The van der Waals surface area contributed by atoms with Gasteiger partial charge in [-0.3, -0.25) is 14.4 Å². The van der Waals surface area contributed by atoms with E-state index in [1.54, 1.807) is 34.1 Å². The van der Waals surface area contributed by atoms with E-state index in [2.05, 4.69) is 5.32 Å². The van der Waals surface area contributed by atoms with Crippen molar-refractivity contribution in [3.63, 3.8) is 0 Å².